The van der Waals surface area contributed by atoms with E-state index in [2.05, 4.69) is 5.32 Å². The first-order chi connectivity index (χ1) is 8.98. The lowest BCUT2D eigenvalue weighted by atomic mass is 9.95. The van der Waals surface area contributed by atoms with E-state index in [-0.39, 0.29) is 5.91 Å². The average Bonchev–Trinajstić information content (AvgIpc) is 2.37. The number of halogens is 1. The third kappa shape index (κ3) is 5.43. The van der Waals surface area contributed by atoms with Crippen molar-refractivity contribution in [1.82, 2.24) is 5.32 Å². The van der Waals surface area contributed by atoms with Crippen LogP contribution in [0.4, 0.5) is 0 Å². The number of amides is 1. The van der Waals surface area contributed by atoms with Crippen LogP contribution in [0, 0.1) is 0 Å². The summed E-state index contributed by atoms with van der Waals surface area (Å²) in [6.07, 6.45) is 1.68. The van der Waals surface area contributed by atoms with Crippen LogP contribution in [0.2, 0.25) is 5.02 Å². The van der Waals surface area contributed by atoms with E-state index < -0.39 is 5.54 Å². The molecule has 0 saturated carbocycles. The minimum Gasteiger partial charge on any atom is -0.368 e. The zero-order valence-corrected chi connectivity index (χ0v) is 13.0. The number of benzene rings is 1. The van der Waals surface area contributed by atoms with Gasteiger partial charge < -0.3 is 11.1 Å². The van der Waals surface area contributed by atoms with Crippen LogP contribution in [0.5, 0.6) is 0 Å². The minimum atomic E-state index is -0.602. The minimum absolute atomic E-state index is 0.286. The molecule has 0 aromatic heterocycles. The van der Waals surface area contributed by atoms with Crippen LogP contribution < -0.4 is 11.1 Å². The van der Waals surface area contributed by atoms with Crippen molar-refractivity contribution in [1.29, 1.82) is 0 Å². The van der Waals surface area contributed by atoms with Crippen LogP contribution in [0.15, 0.2) is 29.2 Å². The lowest BCUT2D eigenvalue weighted by Gasteiger charge is -2.26. The number of hydrogen-bond acceptors (Lipinski definition) is 3. The molecular weight excluding hydrogens is 280 g/mol. The monoisotopic (exact) mass is 300 g/mol. The fourth-order valence-corrected chi connectivity index (χ4v) is 2.81. The zero-order valence-electron chi connectivity index (χ0n) is 11.4. The molecule has 0 saturated heterocycles. The number of carbonyl (C=O) groups excluding carboxylic acids is 1. The highest BCUT2D eigenvalue weighted by molar-refractivity contribution is 7.99. The van der Waals surface area contributed by atoms with Gasteiger partial charge in [0.25, 0.3) is 0 Å². The van der Waals surface area contributed by atoms with E-state index >= 15 is 0 Å². The van der Waals surface area contributed by atoms with Crippen molar-refractivity contribution in [3.63, 3.8) is 0 Å². The van der Waals surface area contributed by atoms with Gasteiger partial charge in [-0.05, 0) is 56.3 Å². The highest BCUT2D eigenvalue weighted by Gasteiger charge is 2.28. The maximum absolute atomic E-state index is 11.5. The van der Waals surface area contributed by atoms with Crippen LogP contribution in [0.1, 0.15) is 26.7 Å². The van der Waals surface area contributed by atoms with Crippen LogP contribution >= 0.6 is 23.4 Å². The van der Waals surface area contributed by atoms with E-state index in [1.807, 2.05) is 38.1 Å². The van der Waals surface area contributed by atoms with Gasteiger partial charge in [-0.2, -0.15) is 0 Å². The third-order valence-electron chi connectivity index (χ3n) is 3.01. The van der Waals surface area contributed by atoms with E-state index in [0.717, 1.165) is 30.2 Å². The summed E-state index contributed by atoms with van der Waals surface area (Å²) in [4.78, 5) is 12.6. The topological polar surface area (TPSA) is 55.1 Å². The number of likely N-dealkylation sites (N-methyl/N-ethyl adjacent to an activating group) is 1. The zero-order chi connectivity index (χ0) is 14.3. The van der Waals surface area contributed by atoms with Crippen LogP contribution in [-0.4, -0.2) is 23.7 Å². The standard InChI is InChI=1S/C14H21ClN2OS/c1-3-17-14(2,13(16)18)9-4-10-19-12-7-5-11(15)6-8-12/h5-8,17H,3-4,9-10H2,1-2H3,(H2,16,18). The Morgan fingerprint density at radius 1 is 1.42 bits per heavy atom. The molecule has 0 aliphatic carbocycles. The molecule has 0 heterocycles. The summed E-state index contributed by atoms with van der Waals surface area (Å²) in [5.41, 5.74) is 4.84. The molecule has 3 N–H and O–H groups in total. The first-order valence-corrected chi connectivity index (χ1v) is 7.77. The Balaban J connectivity index is 2.36. The van der Waals surface area contributed by atoms with E-state index in [0.29, 0.717) is 0 Å². The molecule has 0 spiro atoms. The van der Waals surface area contributed by atoms with E-state index in [1.54, 1.807) is 11.8 Å². The van der Waals surface area contributed by atoms with Crippen molar-refractivity contribution >= 4 is 29.3 Å². The van der Waals surface area contributed by atoms with Gasteiger partial charge in [-0.3, -0.25) is 4.79 Å². The third-order valence-corrected chi connectivity index (χ3v) is 4.36. The maximum atomic E-state index is 11.5. The summed E-state index contributed by atoms with van der Waals surface area (Å²) in [7, 11) is 0. The lowest BCUT2D eigenvalue weighted by Crippen LogP contribution is -2.53. The van der Waals surface area contributed by atoms with Crippen molar-refractivity contribution in [3.05, 3.63) is 29.3 Å². The number of nitrogens with two attached hydrogens (primary N) is 1. The maximum Gasteiger partial charge on any atom is 0.237 e. The molecule has 0 bridgehead atoms. The average molecular weight is 301 g/mol. The van der Waals surface area contributed by atoms with Gasteiger partial charge >= 0.3 is 0 Å². The van der Waals surface area contributed by atoms with Crippen LogP contribution in [0.25, 0.3) is 0 Å². The van der Waals surface area contributed by atoms with Crippen LogP contribution in [0.3, 0.4) is 0 Å². The molecule has 1 atom stereocenters. The molecule has 19 heavy (non-hydrogen) atoms. The summed E-state index contributed by atoms with van der Waals surface area (Å²) in [5, 5.41) is 3.91. The van der Waals surface area contributed by atoms with Crippen molar-refractivity contribution in [2.75, 3.05) is 12.3 Å². The Morgan fingerprint density at radius 2 is 2.05 bits per heavy atom. The Hall–Kier alpha value is -0.710. The fraction of sp³-hybridized carbons (Fsp3) is 0.500. The predicted molar refractivity (Wildman–Crippen MR) is 82.7 cm³/mol. The van der Waals surface area contributed by atoms with E-state index in [4.69, 9.17) is 17.3 Å². The van der Waals surface area contributed by atoms with Gasteiger partial charge in [-0.15, -0.1) is 11.8 Å². The quantitative estimate of drug-likeness (QED) is 0.573. The molecule has 5 heteroatoms. The predicted octanol–water partition coefficient (Wildman–Crippen LogP) is 3.07. The molecule has 0 fully saturated rings. The van der Waals surface area contributed by atoms with Gasteiger partial charge in [0.15, 0.2) is 0 Å². The summed E-state index contributed by atoms with van der Waals surface area (Å²) in [6.45, 7) is 4.58. The number of hydrogen-bond donors (Lipinski definition) is 2. The van der Waals surface area contributed by atoms with E-state index in [1.165, 1.54) is 4.90 Å². The second-order valence-corrected chi connectivity index (χ2v) is 6.24. The molecule has 106 valence electrons. The van der Waals surface area contributed by atoms with Gasteiger partial charge in [0, 0.05) is 9.92 Å². The Kier molecular flexibility index (Phi) is 6.69. The summed E-state index contributed by atoms with van der Waals surface area (Å²) >= 11 is 7.59. The number of carbonyl (C=O) groups is 1. The Bertz CT molecular complexity index is 410. The number of thioether (sulfide) groups is 1. The second kappa shape index (κ2) is 7.78. The number of primary amides is 1. The van der Waals surface area contributed by atoms with Crippen molar-refractivity contribution < 1.29 is 4.79 Å². The first-order valence-electron chi connectivity index (χ1n) is 6.41. The van der Waals surface area contributed by atoms with Gasteiger partial charge in [-0.25, -0.2) is 0 Å². The SMILES string of the molecule is CCNC(C)(CCCSc1ccc(Cl)cc1)C(N)=O. The molecule has 0 aliphatic heterocycles. The molecule has 3 nitrogen and oxygen atoms in total. The second-order valence-electron chi connectivity index (χ2n) is 4.63. The first kappa shape index (κ1) is 16.3. The molecule has 1 aromatic rings. The molecule has 0 aliphatic rings. The Labute approximate surface area is 124 Å². The van der Waals surface area contributed by atoms with Gasteiger partial charge in [0.05, 0.1) is 5.54 Å². The number of nitrogens with one attached hydrogen (secondary N) is 1. The van der Waals surface area contributed by atoms with Crippen molar-refractivity contribution in [3.8, 4) is 0 Å². The van der Waals surface area contributed by atoms with Crippen molar-refractivity contribution in [2.24, 2.45) is 5.73 Å². The summed E-state index contributed by atoms with van der Waals surface area (Å²) in [5.74, 6) is 0.668. The lowest BCUT2D eigenvalue weighted by molar-refractivity contribution is -0.124. The molecular formula is C14H21ClN2OS. The summed E-state index contributed by atoms with van der Waals surface area (Å²) < 4.78 is 0. The van der Waals surface area contributed by atoms with E-state index in [9.17, 15) is 4.79 Å². The Morgan fingerprint density at radius 3 is 2.58 bits per heavy atom. The molecule has 1 amide bonds. The highest BCUT2D eigenvalue weighted by Crippen LogP contribution is 2.23. The number of rotatable bonds is 8. The largest absolute Gasteiger partial charge is 0.368 e. The molecule has 0 radical (unpaired) electrons. The smallest absolute Gasteiger partial charge is 0.237 e. The molecule has 1 rings (SSSR count). The molecule has 1 unspecified atom stereocenters. The fourth-order valence-electron chi connectivity index (χ4n) is 1.84. The molecule has 1 aromatic carbocycles. The highest BCUT2D eigenvalue weighted by atomic mass is 35.5. The van der Waals surface area contributed by atoms with Crippen molar-refractivity contribution in [2.45, 2.75) is 37.1 Å². The summed E-state index contributed by atoms with van der Waals surface area (Å²) in [6, 6.07) is 7.78. The van der Waals surface area contributed by atoms with Gasteiger partial charge in [0.2, 0.25) is 5.91 Å². The normalized spacial score (nSPS) is 14.1. The van der Waals surface area contributed by atoms with Crippen LogP contribution in [-0.2, 0) is 4.79 Å². The van der Waals surface area contributed by atoms with Gasteiger partial charge in [0.1, 0.15) is 0 Å². The van der Waals surface area contributed by atoms with Gasteiger partial charge in [-0.1, -0.05) is 18.5 Å².